The van der Waals surface area contributed by atoms with Gasteiger partial charge in [0.05, 0.1) is 30.6 Å². The number of carboxylic acid groups (broad SMARTS) is 1. The van der Waals surface area contributed by atoms with Crippen molar-refractivity contribution in [1.82, 2.24) is 9.29 Å². The van der Waals surface area contributed by atoms with Crippen LogP contribution >= 0.6 is 11.3 Å². The first-order valence-corrected chi connectivity index (χ1v) is 15.0. The van der Waals surface area contributed by atoms with E-state index in [0.717, 1.165) is 11.3 Å². The van der Waals surface area contributed by atoms with Crippen molar-refractivity contribution < 1.29 is 46.5 Å². The third kappa shape index (κ3) is 8.69. The number of hydrogen-bond donors (Lipinski definition) is 2. The number of ketones is 1. The van der Waals surface area contributed by atoms with E-state index in [9.17, 15) is 32.7 Å². The van der Waals surface area contributed by atoms with Crippen LogP contribution in [0.25, 0.3) is 0 Å². The van der Waals surface area contributed by atoms with Crippen LogP contribution in [0.5, 0.6) is 0 Å². The standard InChI is InChI=1S/C25H38N4O10S2/c1-14-15(11-17(30)18(16-12-40-22(26)27-16)28-39-25(7,8)20(32)33)19(31)29(14)41(35,36)38-13-24(5,6)9-10-37-21(34)23(2,3)4/h12,14-15H,9-11,13H2,1-8H3,(H2,26,27)(H,32,33)/b28-18+/t14-,15-/m0/s1. The van der Waals surface area contributed by atoms with Gasteiger partial charge in [-0.15, -0.1) is 11.3 Å². The van der Waals surface area contributed by atoms with Crippen LogP contribution in [-0.2, 0) is 43.2 Å². The quantitative estimate of drug-likeness (QED) is 0.133. The fourth-order valence-electron chi connectivity index (χ4n) is 3.36. The third-order valence-electron chi connectivity index (χ3n) is 6.26. The van der Waals surface area contributed by atoms with Crippen molar-refractivity contribution in [1.29, 1.82) is 0 Å². The number of esters is 1. The fourth-order valence-corrected chi connectivity index (χ4v) is 5.39. The normalized spacial score (nSPS) is 18.6. The highest BCUT2D eigenvalue weighted by Gasteiger charge is 2.52. The van der Waals surface area contributed by atoms with E-state index in [-0.39, 0.29) is 35.7 Å². The maximum absolute atomic E-state index is 13.1. The van der Waals surface area contributed by atoms with Crippen LogP contribution in [0.1, 0.15) is 73.9 Å². The molecule has 1 aromatic heterocycles. The van der Waals surface area contributed by atoms with Crippen molar-refractivity contribution in [3.63, 3.8) is 0 Å². The van der Waals surface area contributed by atoms with Crippen LogP contribution < -0.4 is 5.73 Å². The molecule has 1 fully saturated rings. The molecule has 0 bridgehead atoms. The molecule has 16 heteroatoms. The number of thiazole rings is 1. The van der Waals surface area contributed by atoms with Crippen LogP contribution in [0.2, 0.25) is 0 Å². The Kier molecular flexibility index (Phi) is 10.3. The second-order valence-electron chi connectivity index (χ2n) is 12.0. The zero-order chi connectivity index (χ0) is 31.6. The minimum Gasteiger partial charge on any atom is -0.478 e. The summed E-state index contributed by atoms with van der Waals surface area (Å²) in [5, 5.41) is 14.5. The molecule has 2 heterocycles. The molecule has 1 amide bonds. The Balaban J connectivity index is 2.06. The molecule has 2 rings (SSSR count). The van der Waals surface area contributed by atoms with E-state index in [1.807, 2.05) is 0 Å². The number of nitrogens with two attached hydrogens (primary N) is 1. The number of anilines is 1. The minimum atomic E-state index is -4.48. The van der Waals surface area contributed by atoms with Gasteiger partial charge in [-0.1, -0.05) is 19.0 Å². The Morgan fingerprint density at radius 1 is 1.17 bits per heavy atom. The number of rotatable bonds is 14. The molecule has 2 atom stereocenters. The van der Waals surface area contributed by atoms with E-state index in [1.165, 1.54) is 26.2 Å². The number of aromatic nitrogens is 1. The minimum absolute atomic E-state index is 0.0290. The zero-order valence-electron chi connectivity index (χ0n) is 24.4. The third-order valence-corrected chi connectivity index (χ3v) is 8.35. The number of Topliss-reactive ketones (excluding diaryl/α,β-unsaturated/α-hetero) is 1. The van der Waals surface area contributed by atoms with Crippen LogP contribution in [0, 0.1) is 16.7 Å². The lowest BCUT2D eigenvalue weighted by molar-refractivity contribution is -0.161. The van der Waals surface area contributed by atoms with E-state index in [4.69, 9.17) is 19.5 Å². The molecule has 41 heavy (non-hydrogen) atoms. The van der Waals surface area contributed by atoms with Gasteiger partial charge in [0.25, 0.3) is 0 Å². The number of nitrogen functional groups attached to an aromatic ring is 1. The Morgan fingerprint density at radius 3 is 2.27 bits per heavy atom. The van der Waals surface area contributed by atoms with Gasteiger partial charge in [-0.05, 0) is 53.4 Å². The number of hydrogen-bond acceptors (Lipinski definition) is 13. The second kappa shape index (κ2) is 12.4. The van der Waals surface area contributed by atoms with E-state index in [1.54, 1.807) is 34.6 Å². The molecule has 0 aliphatic carbocycles. The highest BCUT2D eigenvalue weighted by molar-refractivity contribution is 7.85. The summed E-state index contributed by atoms with van der Waals surface area (Å²) in [7, 11) is -4.48. The van der Waals surface area contributed by atoms with Gasteiger partial charge in [0.15, 0.2) is 16.6 Å². The SMILES string of the molecule is C[C@H]1[C@H](CC(=O)/C(=N/OC(C)(C)C(=O)O)c2csc(N)n2)C(=O)N1S(=O)(=O)OCC(C)(C)CCOC(=O)C(C)(C)C. The number of carbonyl (C=O) groups excluding carboxylic acids is 3. The van der Waals surface area contributed by atoms with Crippen LogP contribution in [0.4, 0.5) is 5.13 Å². The van der Waals surface area contributed by atoms with Crippen molar-refractivity contribution in [2.75, 3.05) is 18.9 Å². The summed E-state index contributed by atoms with van der Waals surface area (Å²) in [4.78, 5) is 58.4. The molecule has 1 aliphatic rings. The summed E-state index contributed by atoms with van der Waals surface area (Å²) < 4.78 is 36.7. The summed E-state index contributed by atoms with van der Waals surface area (Å²) in [5.74, 6) is -4.29. The maximum Gasteiger partial charge on any atom is 0.364 e. The Morgan fingerprint density at radius 2 is 1.78 bits per heavy atom. The lowest BCUT2D eigenvalue weighted by Crippen LogP contribution is -2.62. The molecule has 0 aromatic carbocycles. The summed E-state index contributed by atoms with van der Waals surface area (Å²) in [6.07, 6.45) is -0.126. The van der Waals surface area contributed by atoms with Crippen LogP contribution in [-0.4, -0.2) is 77.0 Å². The number of ether oxygens (including phenoxy) is 1. The monoisotopic (exact) mass is 618 g/mol. The Hall–Kier alpha value is -3.11. The number of β-lactam (4-membered cyclic amide) rings is 1. The van der Waals surface area contributed by atoms with Crippen molar-refractivity contribution in [3.05, 3.63) is 11.1 Å². The lowest BCUT2D eigenvalue weighted by atomic mass is 9.86. The number of amides is 1. The number of nitrogens with zero attached hydrogens (tertiary/aromatic N) is 3. The van der Waals surface area contributed by atoms with Gasteiger partial charge in [-0.3, -0.25) is 18.6 Å². The predicted octanol–water partition coefficient (Wildman–Crippen LogP) is 2.38. The van der Waals surface area contributed by atoms with Crippen molar-refractivity contribution in [2.45, 2.75) is 79.9 Å². The zero-order valence-corrected chi connectivity index (χ0v) is 26.1. The van der Waals surface area contributed by atoms with Gasteiger partial charge in [-0.25, -0.2) is 14.1 Å². The molecule has 1 aliphatic heterocycles. The van der Waals surface area contributed by atoms with E-state index >= 15 is 0 Å². The predicted molar refractivity (Wildman–Crippen MR) is 149 cm³/mol. The maximum atomic E-state index is 13.1. The van der Waals surface area contributed by atoms with E-state index in [0.29, 0.717) is 10.7 Å². The largest absolute Gasteiger partial charge is 0.478 e. The van der Waals surface area contributed by atoms with Crippen molar-refractivity contribution in [3.8, 4) is 0 Å². The van der Waals surface area contributed by atoms with Gasteiger partial charge in [-0.2, -0.15) is 8.42 Å². The van der Waals surface area contributed by atoms with Gasteiger partial charge in [0.1, 0.15) is 5.69 Å². The van der Waals surface area contributed by atoms with Crippen molar-refractivity contribution >= 4 is 56.1 Å². The molecular formula is C25H38N4O10S2. The molecule has 14 nitrogen and oxygen atoms in total. The summed E-state index contributed by atoms with van der Waals surface area (Å²) in [6, 6.07) is -0.912. The Bertz CT molecular complexity index is 1310. The first-order valence-electron chi connectivity index (χ1n) is 12.7. The second-order valence-corrected chi connectivity index (χ2v) is 14.4. The average Bonchev–Trinajstić information content (AvgIpc) is 3.26. The van der Waals surface area contributed by atoms with Crippen LogP contribution in [0.15, 0.2) is 10.5 Å². The van der Waals surface area contributed by atoms with Gasteiger partial charge >= 0.3 is 22.2 Å². The smallest absolute Gasteiger partial charge is 0.364 e. The van der Waals surface area contributed by atoms with Gasteiger partial charge in [0, 0.05) is 11.8 Å². The number of carbonyl (C=O) groups is 4. The number of aliphatic carboxylic acids is 1. The highest BCUT2D eigenvalue weighted by atomic mass is 32.2. The number of oxime groups is 1. The summed E-state index contributed by atoms with van der Waals surface area (Å²) >= 11 is 1.01. The molecule has 0 radical (unpaired) electrons. The summed E-state index contributed by atoms with van der Waals surface area (Å²) in [5.41, 5.74) is 2.19. The molecule has 0 unspecified atom stereocenters. The van der Waals surface area contributed by atoms with Crippen molar-refractivity contribution in [2.24, 2.45) is 21.9 Å². The van der Waals surface area contributed by atoms with Gasteiger partial charge < -0.3 is 20.4 Å². The molecular weight excluding hydrogens is 580 g/mol. The first-order chi connectivity index (χ1) is 18.6. The molecule has 0 spiro atoms. The van der Waals surface area contributed by atoms with E-state index < -0.39 is 62.8 Å². The highest BCUT2D eigenvalue weighted by Crippen LogP contribution is 2.34. The van der Waals surface area contributed by atoms with E-state index in [2.05, 4.69) is 10.1 Å². The molecule has 1 aromatic rings. The number of carboxylic acids is 1. The first kappa shape index (κ1) is 34.1. The lowest BCUT2D eigenvalue weighted by Gasteiger charge is -2.43. The fraction of sp³-hybridized carbons (Fsp3) is 0.680. The molecule has 230 valence electrons. The molecule has 3 N–H and O–H groups in total. The Labute approximate surface area is 243 Å². The molecule has 1 saturated heterocycles. The van der Waals surface area contributed by atoms with Crippen LogP contribution in [0.3, 0.4) is 0 Å². The average molecular weight is 619 g/mol. The molecule has 0 saturated carbocycles. The topological polar surface area (TPSA) is 205 Å². The van der Waals surface area contributed by atoms with Gasteiger partial charge in [0.2, 0.25) is 11.5 Å². The summed E-state index contributed by atoms with van der Waals surface area (Å²) in [6.45, 7) is 12.3.